The first-order chi connectivity index (χ1) is 16.4. The van der Waals surface area contributed by atoms with E-state index >= 15 is 0 Å². The molecule has 2 aromatic rings. The van der Waals surface area contributed by atoms with E-state index in [2.05, 4.69) is 10.6 Å². The van der Waals surface area contributed by atoms with E-state index in [9.17, 15) is 19.5 Å². The van der Waals surface area contributed by atoms with Crippen LogP contribution in [0.5, 0.6) is 5.75 Å². The molecule has 3 N–H and O–H groups in total. The predicted molar refractivity (Wildman–Crippen MR) is 136 cm³/mol. The molecule has 35 heavy (non-hydrogen) atoms. The maximum absolute atomic E-state index is 13.7. The summed E-state index contributed by atoms with van der Waals surface area (Å²) in [6.45, 7) is 12.6. The van der Waals surface area contributed by atoms with Crippen molar-refractivity contribution in [1.82, 2.24) is 10.2 Å². The molecular weight excluding hydrogens is 446 g/mol. The number of hydrogen-bond donors (Lipinski definition) is 3. The van der Waals surface area contributed by atoms with E-state index in [4.69, 9.17) is 4.74 Å². The van der Waals surface area contributed by atoms with Crippen LogP contribution in [0.3, 0.4) is 0 Å². The van der Waals surface area contributed by atoms with Gasteiger partial charge in [0, 0.05) is 17.8 Å². The Hall–Kier alpha value is -3.55. The normalized spacial score (nSPS) is 12.9. The monoisotopic (exact) mass is 483 g/mol. The number of aromatic hydroxyl groups is 1. The van der Waals surface area contributed by atoms with Crippen LogP contribution < -0.4 is 10.6 Å². The lowest BCUT2D eigenvalue weighted by atomic mass is 10.0. The summed E-state index contributed by atoms with van der Waals surface area (Å²) < 4.78 is 5.28. The minimum Gasteiger partial charge on any atom is -0.508 e. The van der Waals surface area contributed by atoms with Crippen molar-refractivity contribution in [1.29, 1.82) is 0 Å². The van der Waals surface area contributed by atoms with E-state index < -0.39 is 35.6 Å². The Labute approximate surface area is 207 Å². The van der Waals surface area contributed by atoms with Gasteiger partial charge in [0.15, 0.2) is 0 Å². The summed E-state index contributed by atoms with van der Waals surface area (Å²) >= 11 is 0. The van der Waals surface area contributed by atoms with Crippen LogP contribution >= 0.6 is 0 Å². The number of anilines is 1. The van der Waals surface area contributed by atoms with E-state index in [1.54, 1.807) is 45.9 Å². The number of alkyl carbamates (subject to hydrolysis) is 1. The molecule has 3 amide bonds. The fourth-order valence-electron chi connectivity index (χ4n) is 3.77. The third kappa shape index (κ3) is 7.47. The molecule has 0 aromatic heterocycles. The number of para-hydroxylation sites is 2. The van der Waals surface area contributed by atoms with Crippen LogP contribution in [0.25, 0.3) is 0 Å². The van der Waals surface area contributed by atoms with Gasteiger partial charge in [-0.05, 0) is 65.2 Å². The molecule has 0 aliphatic carbocycles. The van der Waals surface area contributed by atoms with Gasteiger partial charge in [0.2, 0.25) is 5.91 Å². The van der Waals surface area contributed by atoms with Crippen molar-refractivity contribution >= 4 is 23.6 Å². The average molecular weight is 484 g/mol. The molecule has 0 aliphatic rings. The molecule has 2 rings (SSSR count). The average Bonchev–Trinajstić information content (AvgIpc) is 2.75. The first-order valence-corrected chi connectivity index (χ1v) is 11.8. The molecule has 0 saturated heterocycles. The second-order valence-corrected chi connectivity index (χ2v) is 9.62. The Kier molecular flexibility index (Phi) is 9.28. The van der Waals surface area contributed by atoms with E-state index in [1.165, 1.54) is 11.0 Å². The van der Waals surface area contributed by atoms with Gasteiger partial charge in [-0.2, -0.15) is 0 Å². The molecule has 0 heterocycles. The maximum Gasteiger partial charge on any atom is 0.408 e. The maximum atomic E-state index is 13.7. The topological polar surface area (TPSA) is 108 Å². The molecule has 2 atom stereocenters. The highest BCUT2D eigenvalue weighted by molar-refractivity contribution is 6.00. The van der Waals surface area contributed by atoms with Crippen molar-refractivity contribution in [2.75, 3.05) is 11.9 Å². The number of ether oxygens (including phenoxy) is 1. The quantitative estimate of drug-likeness (QED) is 0.498. The number of hydrogen-bond acceptors (Lipinski definition) is 5. The molecule has 0 aliphatic heterocycles. The highest BCUT2D eigenvalue weighted by Crippen LogP contribution is 2.31. The van der Waals surface area contributed by atoms with E-state index in [0.29, 0.717) is 17.7 Å². The summed E-state index contributed by atoms with van der Waals surface area (Å²) in [4.78, 5) is 40.9. The molecular formula is C27H37N3O5. The first-order valence-electron chi connectivity index (χ1n) is 11.8. The number of carbonyl (C=O) groups is 3. The number of aryl methyl sites for hydroxylation is 2. The van der Waals surface area contributed by atoms with Crippen LogP contribution in [-0.2, 0) is 14.3 Å². The zero-order chi connectivity index (χ0) is 26.3. The number of nitrogens with one attached hydrogen (secondary N) is 2. The zero-order valence-corrected chi connectivity index (χ0v) is 21.6. The molecule has 8 nitrogen and oxygen atoms in total. The van der Waals surface area contributed by atoms with Gasteiger partial charge in [-0.3, -0.25) is 9.59 Å². The minimum atomic E-state index is -1.12. The Morgan fingerprint density at radius 1 is 1.03 bits per heavy atom. The Balaban J connectivity index is 2.45. The zero-order valence-electron chi connectivity index (χ0n) is 21.6. The van der Waals surface area contributed by atoms with Crippen molar-refractivity contribution in [2.24, 2.45) is 0 Å². The number of phenols is 1. The van der Waals surface area contributed by atoms with Gasteiger partial charge in [0.05, 0.1) is 0 Å². The number of phenolic OH excluding ortho intramolecular Hbond substituents is 1. The minimum absolute atomic E-state index is 0.101. The molecule has 0 spiro atoms. The van der Waals surface area contributed by atoms with Crippen LogP contribution in [0.4, 0.5) is 10.5 Å². The summed E-state index contributed by atoms with van der Waals surface area (Å²) in [6.07, 6.45) is -0.167. The predicted octanol–water partition coefficient (Wildman–Crippen LogP) is 4.84. The van der Waals surface area contributed by atoms with Crippen LogP contribution in [0, 0.1) is 13.8 Å². The van der Waals surface area contributed by atoms with Gasteiger partial charge in [0.1, 0.15) is 23.4 Å². The van der Waals surface area contributed by atoms with Gasteiger partial charge in [-0.1, -0.05) is 43.3 Å². The fourth-order valence-corrected chi connectivity index (χ4v) is 3.77. The molecule has 2 unspecified atom stereocenters. The molecule has 0 fully saturated rings. The number of amides is 3. The SMILES string of the molecule is CCCN(C(=O)C(C)NC(=O)OC(C)(C)C)C(C(=O)Nc1c(C)cccc1C)c1ccccc1O. The van der Waals surface area contributed by atoms with Crippen LogP contribution in [0.2, 0.25) is 0 Å². The third-order valence-corrected chi connectivity index (χ3v) is 5.37. The molecule has 0 bridgehead atoms. The number of nitrogens with zero attached hydrogens (tertiary/aromatic N) is 1. The van der Waals surface area contributed by atoms with Crippen molar-refractivity contribution in [3.05, 3.63) is 59.2 Å². The number of rotatable bonds is 8. The summed E-state index contributed by atoms with van der Waals surface area (Å²) in [5.41, 5.74) is 1.98. The molecule has 0 saturated carbocycles. The van der Waals surface area contributed by atoms with Crippen LogP contribution in [0.1, 0.15) is 63.8 Å². The van der Waals surface area contributed by atoms with Crippen LogP contribution in [-0.4, -0.2) is 46.1 Å². The van der Waals surface area contributed by atoms with Crippen molar-refractivity contribution in [2.45, 2.75) is 72.6 Å². The van der Waals surface area contributed by atoms with Gasteiger partial charge in [-0.15, -0.1) is 0 Å². The fraction of sp³-hybridized carbons (Fsp3) is 0.444. The molecule has 190 valence electrons. The summed E-state index contributed by atoms with van der Waals surface area (Å²) in [7, 11) is 0. The number of carbonyl (C=O) groups excluding carboxylic acids is 3. The summed E-state index contributed by atoms with van der Waals surface area (Å²) in [5, 5.41) is 16.1. The largest absolute Gasteiger partial charge is 0.508 e. The van der Waals surface area contributed by atoms with Gasteiger partial charge in [-0.25, -0.2) is 4.79 Å². The van der Waals surface area contributed by atoms with E-state index in [0.717, 1.165) is 11.1 Å². The number of benzene rings is 2. The van der Waals surface area contributed by atoms with Gasteiger partial charge < -0.3 is 25.4 Å². The van der Waals surface area contributed by atoms with E-state index in [-0.39, 0.29) is 12.3 Å². The molecule has 8 heteroatoms. The molecule has 2 aromatic carbocycles. The Bertz CT molecular complexity index is 1040. The summed E-state index contributed by atoms with van der Waals surface area (Å²) in [6, 6.07) is 10.0. The lowest BCUT2D eigenvalue weighted by molar-refractivity contribution is -0.140. The standard InChI is InChI=1S/C27H37N3O5/c1-8-16-30(25(33)19(4)28-26(34)35-27(5,6)7)23(20-14-9-10-15-21(20)31)24(32)29-22-17(2)12-11-13-18(22)3/h9-15,19,23,31H,8,16H2,1-7H3,(H,28,34)(H,29,32). The smallest absolute Gasteiger partial charge is 0.408 e. The van der Waals surface area contributed by atoms with Gasteiger partial charge in [0.25, 0.3) is 5.91 Å². The lowest BCUT2D eigenvalue weighted by Gasteiger charge is -2.34. The highest BCUT2D eigenvalue weighted by Gasteiger charge is 2.36. The summed E-state index contributed by atoms with van der Waals surface area (Å²) in [5.74, 6) is -1.03. The van der Waals surface area contributed by atoms with Crippen molar-refractivity contribution < 1.29 is 24.2 Å². The van der Waals surface area contributed by atoms with Crippen molar-refractivity contribution in [3.63, 3.8) is 0 Å². The second-order valence-electron chi connectivity index (χ2n) is 9.62. The highest BCUT2D eigenvalue weighted by atomic mass is 16.6. The first kappa shape index (κ1) is 27.7. The Morgan fingerprint density at radius 2 is 1.63 bits per heavy atom. The van der Waals surface area contributed by atoms with Crippen LogP contribution in [0.15, 0.2) is 42.5 Å². The van der Waals surface area contributed by atoms with Crippen molar-refractivity contribution in [3.8, 4) is 5.75 Å². The lowest BCUT2D eigenvalue weighted by Crippen LogP contribution is -2.51. The molecule has 0 radical (unpaired) electrons. The van der Waals surface area contributed by atoms with E-state index in [1.807, 2.05) is 39.0 Å². The Morgan fingerprint density at radius 3 is 2.17 bits per heavy atom. The van der Waals surface area contributed by atoms with Gasteiger partial charge >= 0.3 is 6.09 Å². The second kappa shape index (κ2) is 11.7. The third-order valence-electron chi connectivity index (χ3n) is 5.37.